The average Bonchev–Trinajstić information content (AvgIpc) is 2.48. The zero-order valence-electron chi connectivity index (χ0n) is 11.1. The molecule has 0 aliphatic heterocycles. The first kappa shape index (κ1) is 13.3. The third kappa shape index (κ3) is 3.95. The maximum absolute atomic E-state index is 10.7. The van der Waals surface area contributed by atoms with Crippen molar-refractivity contribution in [3.8, 4) is 5.75 Å². The Kier molecular flexibility index (Phi) is 4.73. The summed E-state index contributed by atoms with van der Waals surface area (Å²) in [6.07, 6.45) is 2.76. The number of hydrogen-bond acceptors (Lipinski definition) is 2. The van der Waals surface area contributed by atoms with Gasteiger partial charge in [0.05, 0.1) is 6.61 Å². The molecule has 0 amide bonds. The summed E-state index contributed by atoms with van der Waals surface area (Å²) >= 11 is 0. The third-order valence-electron chi connectivity index (χ3n) is 3.08. The fraction of sp³-hybridized carbons (Fsp3) is 0.235. The van der Waals surface area contributed by atoms with Crippen molar-refractivity contribution in [3.63, 3.8) is 0 Å². The Morgan fingerprint density at radius 1 is 1.05 bits per heavy atom. The molecule has 0 saturated heterocycles. The highest BCUT2D eigenvalue weighted by atomic mass is 16.5. The van der Waals surface area contributed by atoms with Crippen molar-refractivity contribution in [1.29, 1.82) is 0 Å². The number of aryl methyl sites for hydroxylation is 1. The van der Waals surface area contributed by atoms with E-state index in [2.05, 4.69) is 31.2 Å². The maximum atomic E-state index is 10.7. The SMILES string of the molecule is CCc1ccc(CCOc2cccc(C=O)c2)cc1. The Labute approximate surface area is 114 Å². The van der Waals surface area contributed by atoms with E-state index in [0.717, 1.165) is 24.9 Å². The van der Waals surface area contributed by atoms with Crippen LogP contribution in [0.2, 0.25) is 0 Å². The highest BCUT2D eigenvalue weighted by Crippen LogP contribution is 2.13. The Morgan fingerprint density at radius 3 is 2.47 bits per heavy atom. The van der Waals surface area contributed by atoms with Gasteiger partial charge in [-0.05, 0) is 29.7 Å². The van der Waals surface area contributed by atoms with E-state index in [1.807, 2.05) is 12.1 Å². The molecule has 0 spiro atoms. The van der Waals surface area contributed by atoms with Gasteiger partial charge in [0.1, 0.15) is 12.0 Å². The van der Waals surface area contributed by atoms with Crippen molar-refractivity contribution in [3.05, 3.63) is 65.2 Å². The smallest absolute Gasteiger partial charge is 0.150 e. The number of carbonyl (C=O) groups is 1. The number of rotatable bonds is 6. The highest BCUT2D eigenvalue weighted by molar-refractivity contribution is 5.75. The van der Waals surface area contributed by atoms with E-state index in [1.54, 1.807) is 12.1 Å². The molecular formula is C17H18O2. The van der Waals surface area contributed by atoms with Gasteiger partial charge in [-0.25, -0.2) is 0 Å². The summed E-state index contributed by atoms with van der Waals surface area (Å²) in [5.74, 6) is 0.745. The van der Waals surface area contributed by atoms with Gasteiger partial charge in [-0.3, -0.25) is 4.79 Å². The minimum absolute atomic E-state index is 0.619. The van der Waals surface area contributed by atoms with Crippen molar-refractivity contribution in [1.82, 2.24) is 0 Å². The summed E-state index contributed by atoms with van der Waals surface area (Å²) in [5.41, 5.74) is 3.26. The van der Waals surface area contributed by atoms with Crippen molar-refractivity contribution in [2.45, 2.75) is 19.8 Å². The van der Waals surface area contributed by atoms with Gasteiger partial charge in [-0.2, -0.15) is 0 Å². The molecule has 0 fully saturated rings. The molecule has 2 heteroatoms. The molecule has 0 aliphatic carbocycles. The van der Waals surface area contributed by atoms with Crippen LogP contribution < -0.4 is 4.74 Å². The molecule has 2 nitrogen and oxygen atoms in total. The molecule has 2 aromatic carbocycles. The van der Waals surface area contributed by atoms with Gasteiger partial charge in [0.25, 0.3) is 0 Å². The van der Waals surface area contributed by atoms with E-state index in [4.69, 9.17) is 4.74 Å². The minimum Gasteiger partial charge on any atom is -0.493 e. The third-order valence-corrected chi connectivity index (χ3v) is 3.08. The van der Waals surface area contributed by atoms with Crippen LogP contribution in [0, 0.1) is 0 Å². The largest absolute Gasteiger partial charge is 0.493 e. The molecule has 19 heavy (non-hydrogen) atoms. The van der Waals surface area contributed by atoms with Crippen LogP contribution in [0.25, 0.3) is 0 Å². The van der Waals surface area contributed by atoms with Gasteiger partial charge in [-0.1, -0.05) is 43.3 Å². The zero-order valence-corrected chi connectivity index (χ0v) is 11.1. The van der Waals surface area contributed by atoms with Crippen LogP contribution in [0.15, 0.2) is 48.5 Å². The van der Waals surface area contributed by atoms with Gasteiger partial charge < -0.3 is 4.74 Å². The second-order valence-electron chi connectivity index (χ2n) is 4.46. The first-order chi connectivity index (χ1) is 9.31. The van der Waals surface area contributed by atoms with Crippen LogP contribution in [0.3, 0.4) is 0 Å². The van der Waals surface area contributed by atoms with E-state index in [-0.39, 0.29) is 0 Å². The van der Waals surface area contributed by atoms with E-state index >= 15 is 0 Å². The molecule has 0 unspecified atom stereocenters. The molecule has 0 saturated carbocycles. The van der Waals surface area contributed by atoms with Crippen LogP contribution in [0.5, 0.6) is 5.75 Å². The van der Waals surface area contributed by atoms with Crippen LogP contribution in [-0.2, 0) is 12.8 Å². The summed E-state index contributed by atoms with van der Waals surface area (Å²) in [6.45, 7) is 2.77. The van der Waals surface area contributed by atoms with Crippen molar-refractivity contribution in [2.24, 2.45) is 0 Å². The van der Waals surface area contributed by atoms with Crippen LogP contribution >= 0.6 is 0 Å². The summed E-state index contributed by atoms with van der Waals surface area (Å²) in [4.78, 5) is 10.7. The molecule has 0 radical (unpaired) electrons. The van der Waals surface area contributed by atoms with Gasteiger partial charge in [0.2, 0.25) is 0 Å². The molecule has 2 rings (SSSR count). The Bertz CT molecular complexity index is 529. The van der Waals surface area contributed by atoms with Crippen molar-refractivity contribution in [2.75, 3.05) is 6.61 Å². The van der Waals surface area contributed by atoms with E-state index in [9.17, 15) is 4.79 Å². The molecule has 0 N–H and O–H groups in total. The lowest BCUT2D eigenvalue weighted by molar-refractivity contribution is 0.112. The highest BCUT2D eigenvalue weighted by Gasteiger charge is 1.98. The maximum Gasteiger partial charge on any atom is 0.150 e. The standard InChI is InChI=1S/C17H18O2/c1-2-14-6-8-15(9-7-14)10-11-19-17-5-3-4-16(12-17)13-18/h3-9,12-13H,2,10-11H2,1H3. The molecule has 0 aromatic heterocycles. The topological polar surface area (TPSA) is 26.3 Å². The lowest BCUT2D eigenvalue weighted by Crippen LogP contribution is -2.01. The predicted molar refractivity (Wildman–Crippen MR) is 76.8 cm³/mol. The second kappa shape index (κ2) is 6.74. The number of benzene rings is 2. The Morgan fingerprint density at radius 2 is 1.79 bits per heavy atom. The Hall–Kier alpha value is -2.09. The monoisotopic (exact) mass is 254 g/mol. The first-order valence-corrected chi connectivity index (χ1v) is 6.57. The lowest BCUT2D eigenvalue weighted by Gasteiger charge is -2.07. The van der Waals surface area contributed by atoms with Gasteiger partial charge in [0, 0.05) is 12.0 Å². The fourth-order valence-electron chi connectivity index (χ4n) is 1.91. The molecule has 98 valence electrons. The van der Waals surface area contributed by atoms with Gasteiger partial charge >= 0.3 is 0 Å². The van der Waals surface area contributed by atoms with Crippen LogP contribution in [0.1, 0.15) is 28.4 Å². The minimum atomic E-state index is 0.619. The molecule has 0 bridgehead atoms. The van der Waals surface area contributed by atoms with Crippen LogP contribution in [-0.4, -0.2) is 12.9 Å². The van der Waals surface area contributed by atoms with Gasteiger partial charge in [0.15, 0.2) is 0 Å². The Balaban J connectivity index is 1.86. The van der Waals surface area contributed by atoms with Crippen LogP contribution in [0.4, 0.5) is 0 Å². The van der Waals surface area contributed by atoms with E-state index in [1.165, 1.54) is 11.1 Å². The van der Waals surface area contributed by atoms with E-state index in [0.29, 0.717) is 12.2 Å². The molecule has 0 heterocycles. The molecular weight excluding hydrogens is 236 g/mol. The molecule has 0 atom stereocenters. The molecule has 0 aliphatic rings. The number of hydrogen-bond donors (Lipinski definition) is 0. The number of ether oxygens (including phenoxy) is 1. The summed E-state index contributed by atoms with van der Waals surface area (Å²) in [5, 5.41) is 0. The van der Waals surface area contributed by atoms with Crippen molar-refractivity contribution >= 4 is 6.29 Å². The lowest BCUT2D eigenvalue weighted by atomic mass is 10.1. The zero-order chi connectivity index (χ0) is 13.5. The van der Waals surface area contributed by atoms with Gasteiger partial charge in [-0.15, -0.1) is 0 Å². The molecule has 2 aromatic rings. The second-order valence-corrected chi connectivity index (χ2v) is 4.46. The summed E-state index contributed by atoms with van der Waals surface area (Å²) in [7, 11) is 0. The first-order valence-electron chi connectivity index (χ1n) is 6.57. The summed E-state index contributed by atoms with van der Waals surface area (Å²) in [6, 6.07) is 15.8. The van der Waals surface area contributed by atoms with Crippen molar-refractivity contribution < 1.29 is 9.53 Å². The quantitative estimate of drug-likeness (QED) is 0.735. The summed E-state index contributed by atoms with van der Waals surface area (Å²) < 4.78 is 5.65. The average molecular weight is 254 g/mol. The number of aldehydes is 1. The fourth-order valence-corrected chi connectivity index (χ4v) is 1.91. The number of carbonyl (C=O) groups excluding carboxylic acids is 1. The normalized spacial score (nSPS) is 10.2. The predicted octanol–water partition coefficient (Wildman–Crippen LogP) is 3.68. The van der Waals surface area contributed by atoms with E-state index < -0.39 is 0 Å².